The Bertz CT molecular complexity index is 6200. The summed E-state index contributed by atoms with van der Waals surface area (Å²) in [4.78, 5) is 22.5. The van der Waals surface area contributed by atoms with Crippen LogP contribution in [0.1, 0.15) is 0 Å². The van der Waals surface area contributed by atoms with E-state index >= 15 is 0 Å². The molecule has 0 radical (unpaired) electrons. The summed E-state index contributed by atoms with van der Waals surface area (Å²) in [5, 5.41) is 18.7. The molecule has 0 aliphatic heterocycles. The summed E-state index contributed by atoms with van der Waals surface area (Å²) in [6.07, 6.45) is 0. The summed E-state index contributed by atoms with van der Waals surface area (Å²) in [5.74, 6) is 3.14. The number of thiophene rings is 1. The molecule has 2 aliphatic carbocycles. The molecule has 0 fully saturated rings. The number of rotatable bonds is 4. The number of furan rings is 1. The van der Waals surface area contributed by atoms with Gasteiger partial charge in [-0.3, -0.25) is 9.13 Å². The maximum absolute atomic E-state index is 6.51. The van der Waals surface area contributed by atoms with Gasteiger partial charge in [0.25, 0.3) is 0 Å². The van der Waals surface area contributed by atoms with Gasteiger partial charge in [-0.05, 0) is 148 Å². The third-order valence-corrected chi connectivity index (χ3v) is 20.6. The minimum Gasteiger partial charge on any atom is -0.437 e. The molecule has 92 heavy (non-hydrogen) atoms. The maximum Gasteiger partial charge on any atom is 0.233 e. The van der Waals surface area contributed by atoms with Crippen molar-refractivity contribution in [2.75, 3.05) is 0 Å². The standard InChI is InChI=1S/C42H23N3O.C42H23N3S/c2*1-2-11-25-23-36-34(22-24(25)10-1)28-14-5-7-18-35(28)45(36)41-39-33-15-6-8-19-37(33)46-42(39)44-40(43-41)32-21-20-31-27-13-4-3-12-26(27)29-16-9-17-30(32)38(29)31/h2*1-23H. The second kappa shape index (κ2) is 18.7. The first kappa shape index (κ1) is 49.8. The summed E-state index contributed by atoms with van der Waals surface area (Å²) in [6.45, 7) is 0. The van der Waals surface area contributed by atoms with Gasteiger partial charge >= 0.3 is 0 Å². The van der Waals surface area contributed by atoms with Gasteiger partial charge in [-0.2, -0.15) is 4.98 Å². The van der Waals surface area contributed by atoms with Gasteiger partial charge < -0.3 is 4.42 Å². The number of hydrogen-bond acceptors (Lipinski definition) is 6. The number of benzene rings is 14. The van der Waals surface area contributed by atoms with Gasteiger partial charge in [0.2, 0.25) is 5.71 Å². The third-order valence-electron chi connectivity index (χ3n) is 19.5. The summed E-state index contributed by atoms with van der Waals surface area (Å²) in [5.41, 5.74) is 18.1. The fraction of sp³-hybridized carbons (Fsp3) is 0. The Morgan fingerprint density at radius 2 is 0.663 bits per heavy atom. The average molecular weight is 1190 g/mol. The van der Waals surface area contributed by atoms with Crippen LogP contribution >= 0.6 is 11.3 Å². The number of aromatic nitrogens is 6. The van der Waals surface area contributed by atoms with Crippen molar-refractivity contribution >= 4 is 140 Å². The predicted octanol–water partition coefficient (Wildman–Crippen LogP) is 22.7. The molecule has 0 N–H and O–H groups in total. The van der Waals surface area contributed by atoms with Crippen LogP contribution in [0.3, 0.4) is 0 Å². The van der Waals surface area contributed by atoms with Crippen LogP contribution in [-0.4, -0.2) is 29.1 Å². The fourth-order valence-corrected chi connectivity index (χ4v) is 16.6. The van der Waals surface area contributed by atoms with Crippen LogP contribution < -0.4 is 0 Å². The van der Waals surface area contributed by atoms with Crippen LogP contribution in [0.2, 0.25) is 0 Å². The zero-order chi connectivity index (χ0) is 59.9. The maximum atomic E-state index is 6.51. The molecule has 14 aromatic carbocycles. The Morgan fingerprint density at radius 1 is 0.261 bits per heavy atom. The number of fused-ring (bicyclic) bond motifs is 20. The Morgan fingerprint density at radius 3 is 1.22 bits per heavy atom. The Hall–Kier alpha value is -12.1. The average Bonchev–Trinajstić information content (AvgIpc) is 1.56. The lowest BCUT2D eigenvalue weighted by Gasteiger charge is -2.13. The van der Waals surface area contributed by atoms with Gasteiger partial charge in [0.1, 0.15) is 10.4 Å². The van der Waals surface area contributed by atoms with Crippen molar-refractivity contribution in [1.29, 1.82) is 0 Å². The van der Waals surface area contributed by atoms with Gasteiger partial charge in [0, 0.05) is 48.1 Å². The topological polar surface area (TPSA) is 74.6 Å². The minimum atomic E-state index is 0.583. The van der Waals surface area contributed by atoms with E-state index in [1.165, 1.54) is 114 Å². The van der Waals surface area contributed by atoms with Crippen molar-refractivity contribution in [3.63, 3.8) is 0 Å². The normalized spacial score (nSPS) is 12.3. The van der Waals surface area contributed by atoms with E-state index in [-0.39, 0.29) is 0 Å². The van der Waals surface area contributed by atoms with Crippen molar-refractivity contribution in [2.24, 2.45) is 0 Å². The second-order valence-corrected chi connectivity index (χ2v) is 25.3. The molecule has 0 saturated heterocycles. The number of para-hydroxylation sites is 3. The summed E-state index contributed by atoms with van der Waals surface area (Å²) in [7, 11) is 0. The smallest absolute Gasteiger partial charge is 0.233 e. The first-order valence-corrected chi connectivity index (χ1v) is 32.0. The molecule has 6 aromatic heterocycles. The molecule has 0 amide bonds. The van der Waals surface area contributed by atoms with E-state index in [1.807, 2.05) is 12.1 Å². The molecule has 0 bridgehead atoms. The van der Waals surface area contributed by atoms with Gasteiger partial charge in [0.15, 0.2) is 23.3 Å². The Labute approximate surface area is 528 Å². The molecule has 8 heteroatoms. The van der Waals surface area contributed by atoms with E-state index in [1.54, 1.807) is 11.3 Å². The molecule has 0 saturated carbocycles. The van der Waals surface area contributed by atoms with Gasteiger partial charge in [-0.1, -0.05) is 218 Å². The van der Waals surface area contributed by atoms with Crippen molar-refractivity contribution in [1.82, 2.24) is 29.1 Å². The zero-order valence-corrected chi connectivity index (χ0v) is 49.9. The largest absolute Gasteiger partial charge is 0.437 e. The molecule has 2 aliphatic rings. The first-order valence-electron chi connectivity index (χ1n) is 31.2. The van der Waals surface area contributed by atoms with Gasteiger partial charge in [-0.25, -0.2) is 15.0 Å². The molecule has 7 nitrogen and oxygen atoms in total. The van der Waals surface area contributed by atoms with E-state index in [2.05, 4.69) is 276 Å². The van der Waals surface area contributed by atoms with E-state index in [4.69, 9.17) is 24.4 Å². The Kier molecular flexibility index (Phi) is 10.1. The van der Waals surface area contributed by atoms with Crippen LogP contribution in [0.4, 0.5) is 0 Å². The Balaban J connectivity index is 0.000000124. The van der Waals surface area contributed by atoms with Gasteiger partial charge in [-0.15, -0.1) is 11.3 Å². The van der Waals surface area contributed by atoms with Crippen LogP contribution in [0.5, 0.6) is 0 Å². The lowest BCUT2D eigenvalue weighted by molar-refractivity contribution is 0.653. The molecule has 22 rings (SSSR count). The molecule has 0 unspecified atom stereocenters. The van der Waals surface area contributed by atoms with Crippen LogP contribution in [0, 0.1) is 0 Å². The highest BCUT2D eigenvalue weighted by molar-refractivity contribution is 7.25. The summed E-state index contributed by atoms with van der Waals surface area (Å²) in [6, 6.07) is 100. The molecule has 20 aromatic rings. The summed E-state index contributed by atoms with van der Waals surface area (Å²) >= 11 is 1.74. The van der Waals surface area contributed by atoms with Crippen LogP contribution in [0.15, 0.2) is 283 Å². The highest BCUT2D eigenvalue weighted by Crippen LogP contribution is 2.52. The van der Waals surface area contributed by atoms with E-state index < -0.39 is 0 Å². The molecular formula is C84H46N6OS. The SMILES string of the molecule is c1ccc2c(c1)-c1cccc3c(-c4nc(-n5c6ccccc6c6cc7ccccc7cc65)c5c(n4)oc4ccccc45)ccc-2c13.c1ccc2c(c1)-c1cccc3c(-c4nc(-n5c6ccccc6c6cc7ccccc7cc65)c5c(n4)sc4ccccc45)ccc-2c13. The van der Waals surface area contributed by atoms with Crippen LogP contribution in [0.25, 0.3) is 208 Å². The second-order valence-electron chi connectivity index (χ2n) is 24.3. The minimum absolute atomic E-state index is 0.583. The van der Waals surface area contributed by atoms with E-state index in [9.17, 15) is 0 Å². The fourth-order valence-electron chi connectivity index (χ4n) is 15.5. The van der Waals surface area contributed by atoms with E-state index in [0.29, 0.717) is 11.5 Å². The predicted molar refractivity (Wildman–Crippen MR) is 383 cm³/mol. The first-order chi connectivity index (χ1) is 45.6. The quantitative estimate of drug-likeness (QED) is 0.176. The molecule has 6 heterocycles. The number of hydrogen-bond donors (Lipinski definition) is 0. The van der Waals surface area contributed by atoms with Crippen molar-refractivity contribution < 1.29 is 4.42 Å². The molecule has 0 spiro atoms. The highest BCUT2D eigenvalue weighted by Gasteiger charge is 2.29. The van der Waals surface area contributed by atoms with Crippen molar-refractivity contribution in [3.05, 3.63) is 279 Å². The molecule has 0 atom stereocenters. The third kappa shape index (κ3) is 6.93. The van der Waals surface area contributed by atoms with Crippen LogP contribution in [-0.2, 0) is 0 Å². The summed E-state index contributed by atoms with van der Waals surface area (Å²) < 4.78 is 12.4. The van der Waals surface area contributed by atoms with E-state index in [0.717, 1.165) is 82.6 Å². The molecule has 424 valence electrons. The lowest BCUT2D eigenvalue weighted by atomic mass is 9.98. The van der Waals surface area contributed by atoms with Crippen molar-refractivity contribution in [2.45, 2.75) is 0 Å². The highest BCUT2D eigenvalue weighted by atomic mass is 32.1. The number of nitrogens with zero attached hydrogens (tertiary/aromatic N) is 6. The van der Waals surface area contributed by atoms with Crippen molar-refractivity contribution in [3.8, 4) is 78.9 Å². The monoisotopic (exact) mass is 1190 g/mol. The van der Waals surface area contributed by atoms with Gasteiger partial charge in [0.05, 0.1) is 32.8 Å². The molecular weight excluding hydrogens is 1140 g/mol. The lowest BCUT2D eigenvalue weighted by Crippen LogP contribution is -2.02. The zero-order valence-electron chi connectivity index (χ0n) is 49.1.